The highest BCUT2D eigenvalue weighted by atomic mass is 32.1. The zero-order chi connectivity index (χ0) is 10.7. The normalized spacial score (nSPS) is 13.2. The van der Waals surface area contributed by atoms with E-state index in [4.69, 9.17) is 5.73 Å². The average Bonchev–Trinajstić information content (AvgIpc) is 2.68. The maximum Gasteiger partial charge on any atom is 0.0938 e. The van der Waals surface area contributed by atoms with Crippen molar-refractivity contribution in [2.45, 2.75) is 19.8 Å². The Kier molecular flexibility index (Phi) is 3.34. The zero-order valence-electron chi connectivity index (χ0n) is 8.94. The number of nitrogens with zero attached hydrogens (tertiary/aromatic N) is 1. The molecule has 3 heteroatoms. The average molecular weight is 220 g/mol. The Balaban J connectivity index is 2.09. The summed E-state index contributed by atoms with van der Waals surface area (Å²) in [6, 6.07) is 8.30. The van der Waals surface area contributed by atoms with Crippen molar-refractivity contribution in [3.8, 4) is 0 Å². The van der Waals surface area contributed by atoms with Gasteiger partial charge in [-0.05, 0) is 37.4 Å². The van der Waals surface area contributed by atoms with Gasteiger partial charge in [-0.3, -0.25) is 0 Å². The van der Waals surface area contributed by atoms with Crippen molar-refractivity contribution in [1.29, 1.82) is 0 Å². The van der Waals surface area contributed by atoms with Crippen LogP contribution in [0.3, 0.4) is 0 Å². The summed E-state index contributed by atoms with van der Waals surface area (Å²) in [5.41, 5.74) is 6.72. The number of fused-ring (bicyclic) bond motifs is 1. The van der Waals surface area contributed by atoms with E-state index in [0.29, 0.717) is 5.92 Å². The van der Waals surface area contributed by atoms with Crippen LogP contribution in [-0.4, -0.2) is 11.5 Å². The summed E-state index contributed by atoms with van der Waals surface area (Å²) in [5.74, 6) is 0.594. The molecule has 0 radical (unpaired) electrons. The van der Waals surface area contributed by atoms with E-state index in [0.717, 1.165) is 24.9 Å². The third-order valence-electron chi connectivity index (χ3n) is 2.59. The molecule has 1 heterocycles. The topological polar surface area (TPSA) is 38.9 Å². The Morgan fingerprint density at radius 1 is 1.40 bits per heavy atom. The van der Waals surface area contributed by atoms with Crippen LogP contribution in [0.2, 0.25) is 0 Å². The van der Waals surface area contributed by atoms with E-state index in [1.165, 1.54) is 9.71 Å². The summed E-state index contributed by atoms with van der Waals surface area (Å²) in [5, 5.41) is 1.23. The van der Waals surface area contributed by atoms with E-state index in [1.807, 2.05) is 6.07 Å². The Morgan fingerprint density at radius 3 is 2.93 bits per heavy atom. The lowest BCUT2D eigenvalue weighted by molar-refractivity contribution is 0.544. The molecule has 0 saturated carbocycles. The summed E-state index contributed by atoms with van der Waals surface area (Å²) >= 11 is 1.80. The molecule has 0 aliphatic carbocycles. The molecule has 1 aromatic carbocycles. The van der Waals surface area contributed by atoms with Gasteiger partial charge < -0.3 is 5.73 Å². The molecule has 1 atom stereocenters. The minimum atomic E-state index is 0.594. The Bertz CT molecular complexity index is 403. The summed E-state index contributed by atoms with van der Waals surface area (Å²) in [4.78, 5) is 4.60. The van der Waals surface area contributed by atoms with E-state index in [-0.39, 0.29) is 0 Å². The van der Waals surface area contributed by atoms with Crippen LogP contribution in [0.5, 0.6) is 0 Å². The molecule has 0 saturated heterocycles. The predicted octanol–water partition coefficient (Wildman–Crippen LogP) is 2.82. The Hall–Kier alpha value is -0.930. The summed E-state index contributed by atoms with van der Waals surface area (Å²) in [6.07, 6.45) is 2.19. The second kappa shape index (κ2) is 4.73. The standard InChI is InChI=1S/C12H16N2S/c1-9(8-13)6-7-12-14-10-4-2-3-5-11(10)15-12/h2-5,9H,6-8,13H2,1H3. The number of nitrogens with two attached hydrogens (primary N) is 1. The molecule has 0 aliphatic rings. The molecule has 0 bridgehead atoms. The van der Waals surface area contributed by atoms with Gasteiger partial charge in [0, 0.05) is 0 Å². The molecule has 2 rings (SSSR count). The smallest absolute Gasteiger partial charge is 0.0938 e. The number of aryl methyl sites for hydroxylation is 1. The quantitative estimate of drug-likeness (QED) is 0.860. The summed E-state index contributed by atoms with van der Waals surface area (Å²) in [7, 11) is 0. The Morgan fingerprint density at radius 2 is 2.20 bits per heavy atom. The van der Waals surface area contributed by atoms with Crippen LogP contribution in [0.4, 0.5) is 0 Å². The van der Waals surface area contributed by atoms with Gasteiger partial charge in [-0.25, -0.2) is 4.98 Å². The molecule has 2 N–H and O–H groups in total. The molecule has 80 valence electrons. The third-order valence-corrected chi connectivity index (χ3v) is 3.69. The maximum absolute atomic E-state index is 5.59. The first-order valence-corrected chi connectivity index (χ1v) is 6.15. The number of rotatable bonds is 4. The first-order chi connectivity index (χ1) is 7.29. The van der Waals surface area contributed by atoms with Crippen LogP contribution < -0.4 is 5.73 Å². The number of thiazole rings is 1. The highest BCUT2D eigenvalue weighted by Gasteiger charge is 2.05. The molecule has 2 nitrogen and oxygen atoms in total. The van der Waals surface area contributed by atoms with Gasteiger partial charge in [0.25, 0.3) is 0 Å². The second-order valence-electron chi connectivity index (χ2n) is 3.95. The first kappa shape index (κ1) is 10.6. The highest BCUT2D eigenvalue weighted by Crippen LogP contribution is 2.23. The van der Waals surface area contributed by atoms with Crippen molar-refractivity contribution in [3.05, 3.63) is 29.3 Å². The predicted molar refractivity (Wildman–Crippen MR) is 66.2 cm³/mol. The summed E-state index contributed by atoms with van der Waals surface area (Å²) in [6.45, 7) is 2.96. The van der Waals surface area contributed by atoms with E-state index in [9.17, 15) is 0 Å². The van der Waals surface area contributed by atoms with Crippen LogP contribution >= 0.6 is 11.3 Å². The van der Waals surface area contributed by atoms with E-state index in [2.05, 4.69) is 30.1 Å². The van der Waals surface area contributed by atoms with Gasteiger partial charge in [0.05, 0.1) is 15.2 Å². The lowest BCUT2D eigenvalue weighted by Gasteiger charge is -2.04. The van der Waals surface area contributed by atoms with Crippen molar-refractivity contribution in [1.82, 2.24) is 4.98 Å². The number of hydrogen-bond acceptors (Lipinski definition) is 3. The lowest BCUT2D eigenvalue weighted by atomic mass is 10.1. The van der Waals surface area contributed by atoms with Gasteiger partial charge in [0.15, 0.2) is 0 Å². The molecule has 2 aromatic rings. The van der Waals surface area contributed by atoms with E-state index in [1.54, 1.807) is 11.3 Å². The molecule has 0 amide bonds. The highest BCUT2D eigenvalue weighted by molar-refractivity contribution is 7.18. The monoisotopic (exact) mass is 220 g/mol. The maximum atomic E-state index is 5.59. The van der Waals surface area contributed by atoms with Gasteiger partial charge in [0.1, 0.15) is 0 Å². The van der Waals surface area contributed by atoms with Gasteiger partial charge >= 0.3 is 0 Å². The van der Waals surface area contributed by atoms with Crippen LogP contribution in [0, 0.1) is 5.92 Å². The fraction of sp³-hybridized carbons (Fsp3) is 0.417. The minimum Gasteiger partial charge on any atom is -0.330 e. The van der Waals surface area contributed by atoms with Gasteiger partial charge in [-0.2, -0.15) is 0 Å². The molecule has 1 aromatic heterocycles. The third kappa shape index (κ3) is 2.55. The molecule has 15 heavy (non-hydrogen) atoms. The summed E-state index contributed by atoms with van der Waals surface area (Å²) < 4.78 is 1.29. The van der Waals surface area contributed by atoms with Crippen molar-refractivity contribution in [3.63, 3.8) is 0 Å². The fourth-order valence-corrected chi connectivity index (χ4v) is 2.50. The minimum absolute atomic E-state index is 0.594. The van der Waals surface area contributed by atoms with Crippen molar-refractivity contribution >= 4 is 21.6 Å². The molecule has 0 fully saturated rings. The van der Waals surface area contributed by atoms with Gasteiger partial charge in [-0.15, -0.1) is 11.3 Å². The Labute approximate surface area is 94.1 Å². The van der Waals surface area contributed by atoms with Crippen LogP contribution in [0.25, 0.3) is 10.2 Å². The molecular weight excluding hydrogens is 204 g/mol. The number of benzene rings is 1. The van der Waals surface area contributed by atoms with Crippen molar-refractivity contribution in [2.24, 2.45) is 11.7 Å². The van der Waals surface area contributed by atoms with E-state index >= 15 is 0 Å². The lowest BCUT2D eigenvalue weighted by Crippen LogP contribution is -2.11. The number of aromatic nitrogens is 1. The van der Waals surface area contributed by atoms with E-state index < -0.39 is 0 Å². The molecule has 1 unspecified atom stereocenters. The molecule has 0 spiro atoms. The van der Waals surface area contributed by atoms with Crippen LogP contribution in [-0.2, 0) is 6.42 Å². The molecule has 0 aliphatic heterocycles. The van der Waals surface area contributed by atoms with Gasteiger partial charge in [-0.1, -0.05) is 19.1 Å². The second-order valence-corrected chi connectivity index (χ2v) is 5.07. The first-order valence-electron chi connectivity index (χ1n) is 5.34. The number of hydrogen-bond donors (Lipinski definition) is 1. The van der Waals surface area contributed by atoms with Crippen molar-refractivity contribution in [2.75, 3.05) is 6.54 Å². The number of para-hydroxylation sites is 1. The van der Waals surface area contributed by atoms with Crippen LogP contribution in [0.15, 0.2) is 24.3 Å². The largest absolute Gasteiger partial charge is 0.330 e. The van der Waals surface area contributed by atoms with Crippen molar-refractivity contribution < 1.29 is 0 Å². The molecular formula is C12H16N2S. The fourth-order valence-electron chi connectivity index (χ4n) is 1.51. The zero-order valence-corrected chi connectivity index (χ0v) is 9.76. The van der Waals surface area contributed by atoms with Gasteiger partial charge in [0.2, 0.25) is 0 Å². The van der Waals surface area contributed by atoms with Crippen LogP contribution in [0.1, 0.15) is 18.4 Å². The SMILES string of the molecule is CC(CN)CCc1nc2ccccc2s1.